The van der Waals surface area contributed by atoms with Gasteiger partial charge in [0, 0.05) is 10.0 Å². The Balaban J connectivity index is 2.51. The van der Waals surface area contributed by atoms with Crippen LogP contribution in [0.1, 0.15) is 22.8 Å². The Morgan fingerprint density at radius 3 is 2.58 bits per heavy atom. The topological polar surface area (TPSA) is 29.5 Å². The van der Waals surface area contributed by atoms with E-state index in [1.807, 2.05) is 25.1 Å². The van der Waals surface area contributed by atoms with Crippen LogP contribution in [0.5, 0.6) is 5.75 Å². The van der Waals surface area contributed by atoms with Crippen molar-refractivity contribution in [2.45, 2.75) is 13.0 Å². The zero-order valence-electron chi connectivity index (χ0n) is 10.7. The first-order chi connectivity index (χ1) is 9.02. The monoisotopic (exact) mass is 324 g/mol. The van der Waals surface area contributed by atoms with Gasteiger partial charge in [-0.05, 0) is 36.8 Å². The van der Waals surface area contributed by atoms with Crippen LogP contribution in [0.4, 0.5) is 4.39 Å². The predicted molar refractivity (Wildman–Crippen MR) is 75.9 cm³/mol. The molecule has 0 fully saturated rings. The molecule has 1 unspecified atom stereocenters. The van der Waals surface area contributed by atoms with Gasteiger partial charge < -0.3 is 9.84 Å². The molecular weight excluding hydrogens is 311 g/mol. The average molecular weight is 325 g/mol. The lowest BCUT2D eigenvalue weighted by Gasteiger charge is -2.17. The fraction of sp³-hybridized carbons (Fsp3) is 0.200. The third-order valence-electron chi connectivity index (χ3n) is 2.93. The SMILES string of the molecule is COc1ccc(F)cc1C(O)c1cc(C)ccc1Br. The third-order valence-corrected chi connectivity index (χ3v) is 3.65. The summed E-state index contributed by atoms with van der Waals surface area (Å²) in [6, 6.07) is 9.76. The molecule has 4 heteroatoms. The van der Waals surface area contributed by atoms with Crippen LogP contribution >= 0.6 is 15.9 Å². The summed E-state index contributed by atoms with van der Waals surface area (Å²) in [6.45, 7) is 1.94. The molecule has 0 heterocycles. The van der Waals surface area contributed by atoms with Crippen molar-refractivity contribution in [3.8, 4) is 5.75 Å². The zero-order chi connectivity index (χ0) is 14.0. The zero-order valence-corrected chi connectivity index (χ0v) is 12.2. The van der Waals surface area contributed by atoms with Gasteiger partial charge in [0.05, 0.1) is 7.11 Å². The highest BCUT2D eigenvalue weighted by atomic mass is 79.9. The van der Waals surface area contributed by atoms with Gasteiger partial charge in [-0.1, -0.05) is 33.6 Å². The second kappa shape index (κ2) is 5.72. The molecule has 2 aromatic rings. The third kappa shape index (κ3) is 2.96. The van der Waals surface area contributed by atoms with Gasteiger partial charge in [-0.25, -0.2) is 4.39 Å². The summed E-state index contributed by atoms with van der Waals surface area (Å²) in [5.74, 6) is 0.0564. The van der Waals surface area contributed by atoms with E-state index in [4.69, 9.17) is 4.74 Å². The summed E-state index contributed by atoms with van der Waals surface area (Å²) in [5.41, 5.74) is 2.12. The molecule has 0 spiro atoms. The molecule has 19 heavy (non-hydrogen) atoms. The quantitative estimate of drug-likeness (QED) is 0.925. The molecule has 0 saturated heterocycles. The summed E-state index contributed by atoms with van der Waals surface area (Å²) < 4.78 is 19.3. The summed E-state index contributed by atoms with van der Waals surface area (Å²) in [6.07, 6.45) is -0.945. The lowest BCUT2D eigenvalue weighted by molar-refractivity contribution is 0.213. The fourth-order valence-corrected chi connectivity index (χ4v) is 2.42. The Kier molecular flexibility index (Phi) is 4.22. The van der Waals surface area contributed by atoms with Gasteiger partial charge in [0.2, 0.25) is 0 Å². The van der Waals surface area contributed by atoms with Crippen LogP contribution in [-0.4, -0.2) is 12.2 Å². The Labute approximate surface area is 120 Å². The maximum atomic E-state index is 13.4. The normalized spacial score (nSPS) is 12.3. The van der Waals surface area contributed by atoms with Gasteiger partial charge in [0.15, 0.2) is 0 Å². The second-order valence-electron chi connectivity index (χ2n) is 4.31. The summed E-state index contributed by atoms with van der Waals surface area (Å²) in [4.78, 5) is 0. The van der Waals surface area contributed by atoms with Crippen LogP contribution in [0.2, 0.25) is 0 Å². The standard InChI is InChI=1S/C15H14BrFO2/c1-9-3-5-13(16)11(7-9)15(18)12-8-10(17)4-6-14(12)19-2/h3-8,15,18H,1-2H3. The van der Waals surface area contributed by atoms with E-state index in [-0.39, 0.29) is 0 Å². The Morgan fingerprint density at radius 2 is 1.89 bits per heavy atom. The smallest absolute Gasteiger partial charge is 0.125 e. The van der Waals surface area contributed by atoms with Crippen molar-refractivity contribution in [2.75, 3.05) is 7.11 Å². The molecule has 1 atom stereocenters. The van der Waals surface area contributed by atoms with Gasteiger partial charge in [-0.3, -0.25) is 0 Å². The molecule has 0 aliphatic carbocycles. The van der Waals surface area contributed by atoms with E-state index in [9.17, 15) is 9.50 Å². The molecule has 0 aliphatic rings. The minimum atomic E-state index is -0.945. The number of halogens is 2. The molecule has 0 aromatic heterocycles. The maximum absolute atomic E-state index is 13.4. The van der Waals surface area contributed by atoms with Crippen molar-refractivity contribution in [2.24, 2.45) is 0 Å². The molecule has 0 saturated carbocycles. The van der Waals surface area contributed by atoms with Crippen LogP contribution in [0.3, 0.4) is 0 Å². The van der Waals surface area contributed by atoms with Crippen molar-refractivity contribution in [1.82, 2.24) is 0 Å². The van der Waals surface area contributed by atoms with E-state index in [0.29, 0.717) is 16.9 Å². The second-order valence-corrected chi connectivity index (χ2v) is 5.17. The lowest BCUT2D eigenvalue weighted by atomic mass is 9.99. The van der Waals surface area contributed by atoms with Gasteiger partial charge in [0.1, 0.15) is 17.7 Å². The van der Waals surface area contributed by atoms with E-state index in [0.717, 1.165) is 10.0 Å². The molecule has 0 amide bonds. The first-order valence-electron chi connectivity index (χ1n) is 5.80. The van der Waals surface area contributed by atoms with Crippen LogP contribution in [0.15, 0.2) is 40.9 Å². The molecule has 2 nitrogen and oxygen atoms in total. The van der Waals surface area contributed by atoms with E-state index >= 15 is 0 Å². The summed E-state index contributed by atoms with van der Waals surface area (Å²) >= 11 is 3.40. The van der Waals surface area contributed by atoms with Crippen LogP contribution in [0.25, 0.3) is 0 Å². The highest BCUT2D eigenvalue weighted by Gasteiger charge is 2.18. The van der Waals surface area contributed by atoms with Crippen LogP contribution in [-0.2, 0) is 0 Å². The van der Waals surface area contributed by atoms with Crippen LogP contribution in [0, 0.1) is 12.7 Å². The number of ether oxygens (including phenoxy) is 1. The maximum Gasteiger partial charge on any atom is 0.125 e. The predicted octanol–water partition coefficient (Wildman–Crippen LogP) is 3.99. The minimum absolute atomic E-state index is 0.404. The number of hydrogen-bond donors (Lipinski definition) is 1. The van der Waals surface area contributed by atoms with E-state index < -0.39 is 11.9 Å². The minimum Gasteiger partial charge on any atom is -0.496 e. The number of benzene rings is 2. The Bertz CT molecular complexity index is 599. The van der Waals surface area contributed by atoms with E-state index in [1.165, 1.54) is 25.3 Å². The molecule has 2 rings (SSSR count). The van der Waals surface area contributed by atoms with Crippen molar-refractivity contribution >= 4 is 15.9 Å². The van der Waals surface area contributed by atoms with Crippen molar-refractivity contribution in [3.05, 3.63) is 63.4 Å². The Morgan fingerprint density at radius 1 is 1.16 bits per heavy atom. The highest BCUT2D eigenvalue weighted by Crippen LogP contribution is 2.34. The van der Waals surface area contributed by atoms with Gasteiger partial charge in [0.25, 0.3) is 0 Å². The van der Waals surface area contributed by atoms with Crippen molar-refractivity contribution < 1.29 is 14.2 Å². The lowest BCUT2D eigenvalue weighted by Crippen LogP contribution is -2.04. The molecule has 0 bridgehead atoms. The molecular formula is C15H14BrFO2. The average Bonchev–Trinajstić information content (AvgIpc) is 2.40. The van der Waals surface area contributed by atoms with Gasteiger partial charge >= 0.3 is 0 Å². The summed E-state index contributed by atoms with van der Waals surface area (Å²) in [5, 5.41) is 10.5. The number of hydrogen-bond acceptors (Lipinski definition) is 2. The van der Waals surface area contributed by atoms with Crippen molar-refractivity contribution in [3.63, 3.8) is 0 Å². The first kappa shape index (κ1) is 14.0. The number of aryl methyl sites for hydroxylation is 1. The number of aliphatic hydroxyl groups excluding tert-OH is 1. The largest absolute Gasteiger partial charge is 0.496 e. The first-order valence-corrected chi connectivity index (χ1v) is 6.59. The highest BCUT2D eigenvalue weighted by molar-refractivity contribution is 9.10. The van der Waals surface area contributed by atoms with Crippen LogP contribution < -0.4 is 4.74 Å². The number of methoxy groups -OCH3 is 1. The number of aliphatic hydroxyl groups is 1. The Hall–Kier alpha value is -1.39. The molecule has 0 radical (unpaired) electrons. The number of rotatable bonds is 3. The summed E-state index contributed by atoms with van der Waals surface area (Å²) in [7, 11) is 1.49. The molecule has 2 aromatic carbocycles. The fourth-order valence-electron chi connectivity index (χ4n) is 1.96. The molecule has 100 valence electrons. The van der Waals surface area contributed by atoms with E-state index in [2.05, 4.69) is 15.9 Å². The van der Waals surface area contributed by atoms with Gasteiger partial charge in [-0.15, -0.1) is 0 Å². The molecule has 0 aliphatic heterocycles. The molecule has 1 N–H and O–H groups in total. The van der Waals surface area contributed by atoms with E-state index in [1.54, 1.807) is 0 Å². The van der Waals surface area contributed by atoms with Gasteiger partial charge in [-0.2, -0.15) is 0 Å². The van der Waals surface area contributed by atoms with Crippen molar-refractivity contribution in [1.29, 1.82) is 0 Å².